The van der Waals surface area contributed by atoms with E-state index in [1.807, 2.05) is 0 Å². The van der Waals surface area contributed by atoms with E-state index in [1.165, 1.54) is 6.42 Å². The zero-order valence-corrected chi connectivity index (χ0v) is 18.8. The first-order valence-corrected chi connectivity index (χ1v) is 12.8. The number of esters is 2. The van der Waals surface area contributed by atoms with E-state index in [1.54, 1.807) is 0 Å². The van der Waals surface area contributed by atoms with Gasteiger partial charge in [0.15, 0.2) is 0 Å². The van der Waals surface area contributed by atoms with E-state index in [4.69, 9.17) is 9.47 Å². The molecule has 0 aromatic rings. The number of fused-ring (bicyclic) bond motifs is 1. The molecule has 0 radical (unpaired) electrons. The molecule has 2 bridgehead atoms. The molecular formula is C26H38O4. The summed E-state index contributed by atoms with van der Waals surface area (Å²) in [7, 11) is 0. The maximum Gasteiger partial charge on any atom is 0.312 e. The van der Waals surface area contributed by atoms with Crippen molar-refractivity contribution in [3.63, 3.8) is 0 Å². The van der Waals surface area contributed by atoms with Crippen LogP contribution in [0.5, 0.6) is 0 Å². The van der Waals surface area contributed by atoms with Crippen LogP contribution in [0.25, 0.3) is 0 Å². The third kappa shape index (κ3) is 2.45. The van der Waals surface area contributed by atoms with Crippen LogP contribution < -0.4 is 0 Å². The van der Waals surface area contributed by atoms with Gasteiger partial charge in [0.2, 0.25) is 0 Å². The molecule has 5 unspecified atom stereocenters. The van der Waals surface area contributed by atoms with Crippen molar-refractivity contribution in [1.82, 2.24) is 0 Å². The summed E-state index contributed by atoms with van der Waals surface area (Å²) in [6, 6.07) is 0. The Hall–Kier alpha value is -1.06. The molecule has 0 saturated heterocycles. The lowest BCUT2D eigenvalue weighted by Crippen LogP contribution is -2.70. The van der Waals surface area contributed by atoms with Crippen molar-refractivity contribution < 1.29 is 19.1 Å². The lowest BCUT2D eigenvalue weighted by molar-refractivity contribution is -0.256. The van der Waals surface area contributed by atoms with E-state index in [-0.39, 0.29) is 35.0 Å². The topological polar surface area (TPSA) is 52.6 Å². The minimum absolute atomic E-state index is 0.0256. The Morgan fingerprint density at radius 2 is 1.23 bits per heavy atom. The molecule has 0 N–H and O–H groups in total. The molecule has 0 aromatic heterocycles. The zero-order chi connectivity index (χ0) is 20.7. The average molecular weight is 415 g/mol. The van der Waals surface area contributed by atoms with Gasteiger partial charge in [-0.2, -0.15) is 0 Å². The van der Waals surface area contributed by atoms with Crippen molar-refractivity contribution in [2.45, 2.75) is 110 Å². The summed E-state index contributed by atoms with van der Waals surface area (Å²) in [5, 5.41) is 0. The molecule has 5 atom stereocenters. The molecule has 4 nitrogen and oxygen atoms in total. The summed E-state index contributed by atoms with van der Waals surface area (Å²) < 4.78 is 12.3. The maximum atomic E-state index is 13.5. The van der Waals surface area contributed by atoms with Crippen molar-refractivity contribution in [3.8, 4) is 0 Å². The molecule has 4 heteroatoms. The molecule has 6 saturated carbocycles. The highest BCUT2D eigenvalue weighted by molar-refractivity contribution is 5.87. The van der Waals surface area contributed by atoms with Crippen molar-refractivity contribution in [2.24, 2.45) is 39.9 Å². The lowest BCUT2D eigenvalue weighted by atomic mass is 9.32. The van der Waals surface area contributed by atoms with Gasteiger partial charge in [-0.1, -0.05) is 13.8 Å². The highest BCUT2D eigenvalue weighted by Gasteiger charge is 2.88. The number of carbonyl (C=O) groups excluding carboxylic acids is 2. The highest BCUT2D eigenvalue weighted by Crippen LogP contribution is 2.89. The first-order valence-electron chi connectivity index (χ1n) is 12.8. The molecule has 0 amide bonds. The zero-order valence-electron chi connectivity index (χ0n) is 18.8. The fraction of sp³-hybridized carbons (Fsp3) is 0.923. The Morgan fingerprint density at radius 3 is 1.80 bits per heavy atom. The van der Waals surface area contributed by atoms with Crippen molar-refractivity contribution >= 4 is 11.9 Å². The number of rotatable bonds is 4. The fourth-order valence-electron chi connectivity index (χ4n) is 9.05. The van der Waals surface area contributed by atoms with Gasteiger partial charge in [0.1, 0.15) is 12.2 Å². The Kier molecular flexibility index (Phi) is 4.24. The van der Waals surface area contributed by atoms with Crippen LogP contribution in [0.2, 0.25) is 0 Å². The highest BCUT2D eigenvalue weighted by atomic mass is 16.6. The summed E-state index contributed by atoms with van der Waals surface area (Å²) >= 11 is 0. The van der Waals surface area contributed by atoms with Gasteiger partial charge < -0.3 is 9.47 Å². The number of hydrogen-bond acceptors (Lipinski definition) is 4. The molecule has 6 aliphatic carbocycles. The Labute approximate surface area is 180 Å². The van der Waals surface area contributed by atoms with Gasteiger partial charge in [0.05, 0.1) is 10.8 Å². The van der Waals surface area contributed by atoms with Gasteiger partial charge in [-0.25, -0.2) is 0 Å². The van der Waals surface area contributed by atoms with E-state index in [9.17, 15) is 9.59 Å². The van der Waals surface area contributed by atoms with Gasteiger partial charge in [-0.05, 0) is 113 Å². The minimum Gasteiger partial charge on any atom is -0.462 e. The van der Waals surface area contributed by atoms with Gasteiger partial charge in [-0.15, -0.1) is 0 Å². The summed E-state index contributed by atoms with van der Waals surface area (Å²) in [5.41, 5.74) is -0.701. The van der Waals surface area contributed by atoms with Gasteiger partial charge in [-0.3, -0.25) is 9.59 Å². The molecule has 166 valence electrons. The van der Waals surface area contributed by atoms with E-state index >= 15 is 0 Å². The Balaban J connectivity index is 1.18. The maximum absolute atomic E-state index is 13.5. The molecule has 0 aliphatic heterocycles. The normalized spacial score (nSPS) is 53.3. The van der Waals surface area contributed by atoms with E-state index < -0.39 is 5.41 Å². The lowest BCUT2D eigenvalue weighted by Gasteiger charge is -2.71. The van der Waals surface area contributed by atoms with Crippen LogP contribution in [-0.4, -0.2) is 24.1 Å². The molecular weight excluding hydrogens is 376 g/mol. The van der Waals surface area contributed by atoms with Crippen molar-refractivity contribution in [3.05, 3.63) is 0 Å². The van der Waals surface area contributed by atoms with Crippen LogP contribution >= 0.6 is 0 Å². The molecule has 30 heavy (non-hydrogen) atoms. The van der Waals surface area contributed by atoms with Gasteiger partial charge in [0.25, 0.3) is 0 Å². The van der Waals surface area contributed by atoms with E-state index in [0.717, 1.165) is 82.5 Å². The Bertz CT molecular complexity index is 746. The smallest absolute Gasteiger partial charge is 0.312 e. The number of hydrogen-bond donors (Lipinski definition) is 0. The molecule has 0 aromatic carbocycles. The predicted octanol–water partition coefficient (Wildman–Crippen LogP) is 5.43. The second-order valence-electron chi connectivity index (χ2n) is 12.4. The molecule has 6 fully saturated rings. The SMILES string of the molecule is CC1CCC(OC(=O)C23CC4CC5CC(C(=O)OC6CCC(C)CC6)(C2)C45C3)CC1. The van der Waals surface area contributed by atoms with Crippen LogP contribution in [0.4, 0.5) is 0 Å². The second-order valence-corrected chi connectivity index (χ2v) is 12.4. The molecule has 6 rings (SSSR count). The van der Waals surface area contributed by atoms with Crippen LogP contribution in [0.1, 0.15) is 97.3 Å². The quantitative estimate of drug-likeness (QED) is 0.576. The summed E-state index contributed by atoms with van der Waals surface area (Å²) in [6.45, 7) is 4.59. The third-order valence-corrected chi connectivity index (χ3v) is 10.7. The largest absolute Gasteiger partial charge is 0.462 e. The monoisotopic (exact) mass is 414 g/mol. The van der Waals surface area contributed by atoms with Crippen LogP contribution in [-0.2, 0) is 19.1 Å². The molecule has 6 aliphatic rings. The third-order valence-electron chi connectivity index (χ3n) is 10.7. The number of carbonyl (C=O) groups is 2. The van der Waals surface area contributed by atoms with E-state index in [0.29, 0.717) is 18.3 Å². The summed E-state index contributed by atoms with van der Waals surface area (Å²) in [4.78, 5) is 27.0. The van der Waals surface area contributed by atoms with Crippen LogP contribution in [0.3, 0.4) is 0 Å². The first-order chi connectivity index (χ1) is 14.4. The minimum atomic E-state index is -0.404. The number of ether oxygens (including phenoxy) is 2. The van der Waals surface area contributed by atoms with Crippen molar-refractivity contribution in [2.75, 3.05) is 0 Å². The average Bonchev–Trinajstić information content (AvgIpc) is 3.18. The van der Waals surface area contributed by atoms with Crippen LogP contribution in [0.15, 0.2) is 0 Å². The van der Waals surface area contributed by atoms with Gasteiger partial charge >= 0.3 is 11.9 Å². The Morgan fingerprint density at radius 1 is 0.700 bits per heavy atom. The predicted molar refractivity (Wildman–Crippen MR) is 112 cm³/mol. The summed E-state index contributed by atoms with van der Waals surface area (Å²) in [6.07, 6.45) is 13.6. The van der Waals surface area contributed by atoms with E-state index in [2.05, 4.69) is 13.8 Å². The van der Waals surface area contributed by atoms with Crippen molar-refractivity contribution in [1.29, 1.82) is 0 Å². The standard InChI is InChI=1S/C26H38O4/c1-16-3-7-20(8-4-16)29-22(27)24-12-18-11-19-13-25(14-24,26(18,19)15-24)23(28)30-21-9-5-17(2)6-10-21/h16-21H,3-15H2,1-2H3. The fourth-order valence-corrected chi connectivity index (χ4v) is 9.05. The summed E-state index contributed by atoms with van der Waals surface area (Å²) in [5.74, 6) is 2.77. The molecule has 1 spiro atoms. The first kappa shape index (κ1) is 19.6. The van der Waals surface area contributed by atoms with Crippen LogP contribution in [0, 0.1) is 39.9 Å². The second kappa shape index (κ2) is 6.48. The molecule has 0 heterocycles. The van der Waals surface area contributed by atoms with Gasteiger partial charge in [0, 0.05) is 0 Å².